The lowest BCUT2D eigenvalue weighted by Gasteiger charge is -2.26. The quantitative estimate of drug-likeness (QED) is 0.573. The number of rotatable bonds is 7. The number of ether oxygens (including phenoxy) is 2. The third-order valence-corrected chi connectivity index (χ3v) is 7.29. The van der Waals surface area contributed by atoms with E-state index in [9.17, 15) is 13.2 Å². The van der Waals surface area contributed by atoms with Crippen LogP contribution in [0, 0.1) is 0 Å². The molecular formula is C25H26N2O5S. The van der Waals surface area contributed by atoms with Crippen LogP contribution in [0.1, 0.15) is 6.92 Å². The van der Waals surface area contributed by atoms with E-state index >= 15 is 0 Å². The largest absolute Gasteiger partial charge is 0.481 e. The lowest BCUT2D eigenvalue weighted by molar-refractivity contribution is -0.122. The summed E-state index contributed by atoms with van der Waals surface area (Å²) in [7, 11) is -3.57. The summed E-state index contributed by atoms with van der Waals surface area (Å²) in [5.74, 6) is 0.259. The van der Waals surface area contributed by atoms with E-state index in [-0.39, 0.29) is 10.8 Å². The Hall–Kier alpha value is -3.20. The second-order valence-corrected chi connectivity index (χ2v) is 9.62. The van der Waals surface area contributed by atoms with Crippen LogP contribution in [0.2, 0.25) is 0 Å². The molecule has 0 bridgehead atoms. The van der Waals surface area contributed by atoms with Crippen LogP contribution in [0.4, 0.5) is 5.69 Å². The highest BCUT2D eigenvalue weighted by atomic mass is 32.2. The van der Waals surface area contributed by atoms with Gasteiger partial charge in [-0.05, 0) is 54.4 Å². The summed E-state index contributed by atoms with van der Waals surface area (Å²) in [6, 6.07) is 23.7. The van der Waals surface area contributed by atoms with Crippen molar-refractivity contribution >= 4 is 21.6 Å². The number of hydrogen-bond donors (Lipinski definition) is 1. The zero-order valence-corrected chi connectivity index (χ0v) is 19.1. The number of nitrogens with one attached hydrogen (secondary N) is 1. The van der Waals surface area contributed by atoms with E-state index in [4.69, 9.17) is 9.47 Å². The van der Waals surface area contributed by atoms with Crippen molar-refractivity contribution in [2.24, 2.45) is 0 Å². The molecule has 1 amide bonds. The molecule has 7 nitrogen and oxygen atoms in total. The standard InChI is InChI=1S/C25H26N2O5S/c1-19(32-23-11-7-21(8-12-23)20-5-3-2-4-6-20)25(28)26-22-9-13-24(14-10-22)33(29,30)27-15-17-31-18-16-27/h2-14,19H,15-18H2,1H3,(H,26,28). The Morgan fingerprint density at radius 3 is 2.15 bits per heavy atom. The molecule has 8 heteroatoms. The van der Waals surface area contributed by atoms with Gasteiger partial charge in [-0.15, -0.1) is 0 Å². The zero-order valence-electron chi connectivity index (χ0n) is 18.3. The highest BCUT2D eigenvalue weighted by Gasteiger charge is 2.26. The van der Waals surface area contributed by atoms with E-state index in [1.54, 1.807) is 19.1 Å². The molecule has 1 atom stereocenters. The molecule has 172 valence electrons. The first-order valence-corrected chi connectivity index (χ1v) is 12.2. The number of sulfonamides is 1. The van der Waals surface area contributed by atoms with Gasteiger partial charge in [-0.2, -0.15) is 4.31 Å². The number of carbonyl (C=O) groups is 1. The highest BCUT2D eigenvalue weighted by Crippen LogP contribution is 2.23. The van der Waals surface area contributed by atoms with Crippen molar-refractivity contribution in [3.63, 3.8) is 0 Å². The van der Waals surface area contributed by atoms with Crippen molar-refractivity contribution in [1.29, 1.82) is 0 Å². The van der Waals surface area contributed by atoms with Gasteiger partial charge in [0.15, 0.2) is 6.10 Å². The minimum absolute atomic E-state index is 0.185. The molecule has 3 aromatic carbocycles. The van der Waals surface area contributed by atoms with Gasteiger partial charge in [0.1, 0.15) is 5.75 Å². The molecular weight excluding hydrogens is 440 g/mol. The van der Waals surface area contributed by atoms with Crippen molar-refractivity contribution in [3.8, 4) is 16.9 Å². The van der Waals surface area contributed by atoms with Crippen LogP contribution in [0.15, 0.2) is 83.8 Å². The van der Waals surface area contributed by atoms with Gasteiger partial charge in [0.2, 0.25) is 10.0 Å². The molecule has 0 spiro atoms. The highest BCUT2D eigenvalue weighted by molar-refractivity contribution is 7.89. The number of hydrogen-bond acceptors (Lipinski definition) is 5. The van der Waals surface area contributed by atoms with Crippen LogP contribution in [0.25, 0.3) is 11.1 Å². The Balaban J connectivity index is 1.35. The summed E-state index contributed by atoms with van der Waals surface area (Å²) >= 11 is 0. The molecule has 1 heterocycles. The number of nitrogens with zero attached hydrogens (tertiary/aromatic N) is 1. The van der Waals surface area contributed by atoms with Crippen molar-refractivity contribution in [2.75, 3.05) is 31.6 Å². The summed E-state index contributed by atoms with van der Waals surface area (Å²) in [5, 5.41) is 2.77. The fourth-order valence-electron chi connectivity index (χ4n) is 3.50. The topological polar surface area (TPSA) is 84.9 Å². The molecule has 33 heavy (non-hydrogen) atoms. The number of amides is 1. The fourth-order valence-corrected chi connectivity index (χ4v) is 4.91. The molecule has 0 saturated carbocycles. The van der Waals surface area contributed by atoms with Gasteiger partial charge in [-0.3, -0.25) is 4.79 Å². The minimum Gasteiger partial charge on any atom is -0.481 e. The summed E-state index contributed by atoms with van der Waals surface area (Å²) in [6.07, 6.45) is -0.732. The van der Waals surface area contributed by atoms with Gasteiger partial charge >= 0.3 is 0 Å². The lowest BCUT2D eigenvalue weighted by Crippen LogP contribution is -2.40. The zero-order chi connectivity index (χ0) is 23.3. The van der Waals surface area contributed by atoms with Crippen LogP contribution in [0.5, 0.6) is 5.75 Å². The van der Waals surface area contributed by atoms with Crippen LogP contribution < -0.4 is 10.1 Å². The molecule has 1 fully saturated rings. The predicted molar refractivity (Wildman–Crippen MR) is 127 cm³/mol. The maximum Gasteiger partial charge on any atom is 0.265 e. The van der Waals surface area contributed by atoms with Crippen molar-refractivity contribution in [1.82, 2.24) is 4.31 Å². The van der Waals surface area contributed by atoms with Gasteiger partial charge in [-0.1, -0.05) is 42.5 Å². The fraction of sp³-hybridized carbons (Fsp3) is 0.240. The second kappa shape index (κ2) is 10.2. The van der Waals surface area contributed by atoms with E-state index < -0.39 is 16.1 Å². The van der Waals surface area contributed by atoms with Crippen LogP contribution in [-0.4, -0.2) is 51.0 Å². The average Bonchev–Trinajstić information content (AvgIpc) is 2.86. The molecule has 1 N–H and O–H groups in total. The second-order valence-electron chi connectivity index (χ2n) is 7.68. The first-order chi connectivity index (χ1) is 15.9. The number of anilines is 1. The predicted octanol–water partition coefficient (Wildman–Crippen LogP) is 3.78. The SMILES string of the molecule is CC(Oc1ccc(-c2ccccc2)cc1)C(=O)Nc1ccc(S(=O)(=O)N2CCOCC2)cc1. The summed E-state index contributed by atoms with van der Waals surface area (Å²) in [6.45, 7) is 3.11. The molecule has 1 aliphatic heterocycles. The normalized spacial score (nSPS) is 15.5. The van der Waals surface area contributed by atoms with Crippen molar-refractivity contribution in [2.45, 2.75) is 17.9 Å². The molecule has 0 aromatic heterocycles. The van der Waals surface area contributed by atoms with Gasteiger partial charge in [-0.25, -0.2) is 8.42 Å². The molecule has 4 rings (SSSR count). The summed E-state index contributed by atoms with van der Waals surface area (Å²) < 4.78 is 37.8. The maximum absolute atomic E-state index is 12.7. The van der Waals surface area contributed by atoms with Gasteiger partial charge in [0, 0.05) is 18.8 Å². The molecule has 1 unspecified atom stereocenters. The Kier molecular flexibility index (Phi) is 7.08. The van der Waals surface area contributed by atoms with Crippen LogP contribution in [-0.2, 0) is 19.6 Å². The average molecular weight is 467 g/mol. The van der Waals surface area contributed by atoms with Crippen molar-refractivity contribution < 1.29 is 22.7 Å². The minimum atomic E-state index is -3.57. The third-order valence-electron chi connectivity index (χ3n) is 5.37. The Morgan fingerprint density at radius 1 is 0.909 bits per heavy atom. The Labute approximate surface area is 194 Å². The molecule has 1 saturated heterocycles. The van der Waals surface area contributed by atoms with Gasteiger partial charge in [0.25, 0.3) is 5.91 Å². The van der Waals surface area contributed by atoms with Gasteiger partial charge < -0.3 is 14.8 Å². The van der Waals surface area contributed by atoms with Crippen LogP contribution in [0.3, 0.4) is 0 Å². The number of benzene rings is 3. The molecule has 1 aliphatic rings. The van der Waals surface area contributed by atoms with Gasteiger partial charge in [0.05, 0.1) is 18.1 Å². The Bertz CT molecular complexity index is 1170. The van der Waals surface area contributed by atoms with E-state index in [1.807, 2.05) is 54.6 Å². The number of morpholine rings is 1. The lowest BCUT2D eigenvalue weighted by atomic mass is 10.1. The summed E-state index contributed by atoms with van der Waals surface area (Å²) in [4.78, 5) is 12.7. The van der Waals surface area contributed by atoms with E-state index in [1.165, 1.54) is 16.4 Å². The first kappa shape index (κ1) is 23.0. The van der Waals surface area contributed by atoms with E-state index in [0.717, 1.165) is 11.1 Å². The first-order valence-electron chi connectivity index (χ1n) is 10.7. The van der Waals surface area contributed by atoms with E-state index in [0.29, 0.717) is 37.7 Å². The van der Waals surface area contributed by atoms with Crippen molar-refractivity contribution in [3.05, 3.63) is 78.9 Å². The Morgan fingerprint density at radius 2 is 1.52 bits per heavy atom. The smallest absolute Gasteiger partial charge is 0.265 e. The molecule has 3 aromatic rings. The monoisotopic (exact) mass is 466 g/mol. The molecule has 0 radical (unpaired) electrons. The third kappa shape index (κ3) is 5.60. The molecule has 0 aliphatic carbocycles. The van der Waals surface area contributed by atoms with Crippen LogP contribution >= 0.6 is 0 Å². The number of carbonyl (C=O) groups excluding carboxylic acids is 1. The maximum atomic E-state index is 12.7. The summed E-state index contributed by atoms with van der Waals surface area (Å²) in [5.41, 5.74) is 2.66. The van der Waals surface area contributed by atoms with E-state index in [2.05, 4.69) is 5.32 Å².